The number of aldehydes is 1. The number of aliphatic imine (C=N–C) groups is 1. The maximum absolute atomic E-state index is 12.1. The Labute approximate surface area is 150 Å². The second-order valence-corrected chi connectivity index (χ2v) is 5.45. The highest BCUT2D eigenvalue weighted by atomic mass is 16.5. The van der Waals surface area contributed by atoms with Crippen molar-refractivity contribution >= 4 is 24.2 Å². The standard InChI is InChI=1S/C21H15NO4/c23-14-16-8-6-15(7-9-16)13-22-17-10-11-19(20(24)12-17)21(25)26-18-4-2-1-3-5-18/h1-14,24H. The van der Waals surface area contributed by atoms with Crippen LogP contribution in [-0.4, -0.2) is 23.6 Å². The fraction of sp³-hybridized carbons (Fsp3) is 0. The molecule has 3 aromatic rings. The first kappa shape index (κ1) is 17.1. The topological polar surface area (TPSA) is 76.0 Å². The number of phenols is 1. The quantitative estimate of drug-likeness (QED) is 0.326. The SMILES string of the molecule is O=Cc1ccc(C=Nc2ccc(C(=O)Oc3ccccc3)c(O)c2)cc1. The smallest absolute Gasteiger partial charge is 0.347 e. The Bertz CT molecular complexity index is 948. The molecule has 128 valence electrons. The van der Waals surface area contributed by atoms with Gasteiger partial charge in [-0.05, 0) is 29.8 Å². The van der Waals surface area contributed by atoms with Crippen molar-refractivity contribution in [2.24, 2.45) is 4.99 Å². The van der Waals surface area contributed by atoms with E-state index in [0.29, 0.717) is 17.0 Å². The van der Waals surface area contributed by atoms with Crippen LogP contribution in [0.5, 0.6) is 11.5 Å². The van der Waals surface area contributed by atoms with Gasteiger partial charge in [-0.1, -0.05) is 42.5 Å². The zero-order valence-corrected chi connectivity index (χ0v) is 13.7. The van der Waals surface area contributed by atoms with Crippen molar-refractivity contribution in [3.8, 4) is 11.5 Å². The van der Waals surface area contributed by atoms with E-state index < -0.39 is 5.97 Å². The summed E-state index contributed by atoms with van der Waals surface area (Å²) in [5, 5.41) is 10.1. The summed E-state index contributed by atoms with van der Waals surface area (Å²) in [5.41, 5.74) is 1.94. The predicted molar refractivity (Wildman–Crippen MR) is 98.6 cm³/mol. The average molecular weight is 345 g/mol. The van der Waals surface area contributed by atoms with Gasteiger partial charge in [-0.2, -0.15) is 0 Å². The van der Waals surface area contributed by atoms with Crippen molar-refractivity contribution in [2.75, 3.05) is 0 Å². The summed E-state index contributed by atoms with van der Waals surface area (Å²) in [7, 11) is 0. The van der Waals surface area contributed by atoms with E-state index in [9.17, 15) is 14.7 Å². The Hall–Kier alpha value is -3.73. The van der Waals surface area contributed by atoms with E-state index in [2.05, 4.69) is 4.99 Å². The molecule has 0 aliphatic carbocycles. The fourth-order valence-electron chi connectivity index (χ4n) is 2.23. The van der Waals surface area contributed by atoms with Crippen molar-refractivity contribution in [2.45, 2.75) is 0 Å². The van der Waals surface area contributed by atoms with Crippen LogP contribution in [0.25, 0.3) is 0 Å². The molecule has 0 atom stereocenters. The average Bonchev–Trinajstić information content (AvgIpc) is 2.67. The lowest BCUT2D eigenvalue weighted by atomic mass is 10.1. The van der Waals surface area contributed by atoms with Crippen molar-refractivity contribution < 1.29 is 19.4 Å². The molecule has 0 fully saturated rings. The molecule has 3 aromatic carbocycles. The molecule has 0 saturated carbocycles. The van der Waals surface area contributed by atoms with E-state index in [1.807, 2.05) is 6.07 Å². The molecule has 26 heavy (non-hydrogen) atoms. The highest BCUT2D eigenvalue weighted by Crippen LogP contribution is 2.25. The van der Waals surface area contributed by atoms with Gasteiger partial charge in [0, 0.05) is 17.8 Å². The molecule has 0 aliphatic heterocycles. The molecule has 0 bridgehead atoms. The number of ether oxygens (including phenoxy) is 1. The van der Waals surface area contributed by atoms with Crippen LogP contribution < -0.4 is 4.74 Å². The second kappa shape index (κ2) is 7.90. The van der Waals surface area contributed by atoms with Gasteiger partial charge in [-0.3, -0.25) is 9.79 Å². The molecule has 0 saturated heterocycles. The predicted octanol–water partition coefficient (Wildman–Crippen LogP) is 4.17. The number of benzene rings is 3. The zero-order valence-electron chi connectivity index (χ0n) is 13.7. The van der Waals surface area contributed by atoms with E-state index in [1.54, 1.807) is 60.8 Å². The monoisotopic (exact) mass is 345 g/mol. The van der Waals surface area contributed by atoms with Crippen molar-refractivity contribution in [3.63, 3.8) is 0 Å². The number of esters is 1. The Morgan fingerprint density at radius 2 is 1.62 bits per heavy atom. The summed E-state index contributed by atoms with van der Waals surface area (Å²) in [6, 6.07) is 20.0. The molecule has 0 unspecified atom stereocenters. The van der Waals surface area contributed by atoms with E-state index in [4.69, 9.17) is 4.74 Å². The van der Waals surface area contributed by atoms with Gasteiger partial charge in [0.1, 0.15) is 23.3 Å². The van der Waals surface area contributed by atoms with Crippen LogP contribution in [0.15, 0.2) is 77.8 Å². The lowest BCUT2D eigenvalue weighted by Gasteiger charge is -2.06. The molecular formula is C21H15NO4. The van der Waals surface area contributed by atoms with Crippen LogP contribution in [0.2, 0.25) is 0 Å². The Morgan fingerprint density at radius 3 is 2.27 bits per heavy atom. The molecule has 5 heteroatoms. The van der Waals surface area contributed by atoms with Crippen LogP contribution >= 0.6 is 0 Å². The molecule has 1 N–H and O–H groups in total. The summed E-state index contributed by atoms with van der Waals surface area (Å²) < 4.78 is 5.21. The maximum Gasteiger partial charge on any atom is 0.347 e. The minimum Gasteiger partial charge on any atom is -0.507 e. The molecule has 0 amide bonds. The van der Waals surface area contributed by atoms with E-state index in [1.165, 1.54) is 12.1 Å². The minimum atomic E-state index is -0.645. The van der Waals surface area contributed by atoms with Crippen LogP contribution in [-0.2, 0) is 0 Å². The van der Waals surface area contributed by atoms with Crippen molar-refractivity contribution in [1.82, 2.24) is 0 Å². The first-order valence-electron chi connectivity index (χ1n) is 7.85. The fourth-order valence-corrected chi connectivity index (χ4v) is 2.23. The summed E-state index contributed by atoms with van der Waals surface area (Å²) in [6.45, 7) is 0. The molecule has 0 aliphatic rings. The van der Waals surface area contributed by atoms with Crippen molar-refractivity contribution in [1.29, 1.82) is 0 Å². The number of aromatic hydroxyl groups is 1. The first-order chi connectivity index (χ1) is 12.7. The Kier molecular flexibility index (Phi) is 5.19. The number of carbonyl (C=O) groups excluding carboxylic acids is 2. The number of hydrogen-bond donors (Lipinski definition) is 1. The molecule has 0 radical (unpaired) electrons. The van der Waals surface area contributed by atoms with Gasteiger partial charge < -0.3 is 9.84 Å². The van der Waals surface area contributed by atoms with Gasteiger partial charge in [0.15, 0.2) is 0 Å². The number of para-hydroxylation sites is 1. The highest BCUT2D eigenvalue weighted by molar-refractivity contribution is 5.94. The number of nitrogens with zero attached hydrogens (tertiary/aromatic N) is 1. The molecule has 3 rings (SSSR count). The van der Waals surface area contributed by atoms with E-state index >= 15 is 0 Å². The van der Waals surface area contributed by atoms with Gasteiger partial charge >= 0.3 is 5.97 Å². The van der Waals surface area contributed by atoms with Gasteiger partial charge in [0.25, 0.3) is 0 Å². The van der Waals surface area contributed by atoms with E-state index in [-0.39, 0.29) is 11.3 Å². The third-order valence-electron chi connectivity index (χ3n) is 3.59. The number of hydrogen-bond acceptors (Lipinski definition) is 5. The largest absolute Gasteiger partial charge is 0.507 e. The molecule has 5 nitrogen and oxygen atoms in total. The molecule has 0 aromatic heterocycles. The van der Waals surface area contributed by atoms with Gasteiger partial charge in [-0.15, -0.1) is 0 Å². The summed E-state index contributed by atoms with van der Waals surface area (Å²) in [6.07, 6.45) is 2.37. The molecule has 0 heterocycles. The van der Waals surface area contributed by atoms with Crippen LogP contribution in [0.4, 0.5) is 5.69 Å². The van der Waals surface area contributed by atoms with Gasteiger partial charge in [0.05, 0.1) is 5.69 Å². The summed E-state index contributed by atoms with van der Waals surface area (Å²) in [4.78, 5) is 27.0. The van der Waals surface area contributed by atoms with Crippen LogP contribution in [0.3, 0.4) is 0 Å². The van der Waals surface area contributed by atoms with Crippen molar-refractivity contribution in [3.05, 3.63) is 89.5 Å². The molecular weight excluding hydrogens is 330 g/mol. The van der Waals surface area contributed by atoms with Gasteiger partial charge in [-0.25, -0.2) is 4.79 Å². The maximum atomic E-state index is 12.1. The minimum absolute atomic E-state index is 0.0585. The van der Waals surface area contributed by atoms with Crippen LogP contribution in [0.1, 0.15) is 26.3 Å². The lowest BCUT2D eigenvalue weighted by Crippen LogP contribution is -2.08. The second-order valence-electron chi connectivity index (χ2n) is 5.45. The normalized spacial score (nSPS) is 10.6. The first-order valence-corrected chi connectivity index (χ1v) is 7.85. The number of carbonyl (C=O) groups is 2. The summed E-state index contributed by atoms with van der Waals surface area (Å²) >= 11 is 0. The highest BCUT2D eigenvalue weighted by Gasteiger charge is 2.13. The number of rotatable bonds is 5. The van der Waals surface area contributed by atoms with Gasteiger partial charge in [0.2, 0.25) is 0 Å². The summed E-state index contributed by atoms with van der Waals surface area (Å²) in [5.74, 6) is -0.455. The Morgan fingerprint density at radius 1 is 0.923 bits per heavy atom. The third-order valence-corrected chi connectivity index (χ3v) is 3.59. The zero-order chi connectivity index (χ0) is 18.4. The molecule has 0 spiro atoms. The third kappa shape index (κ3) is 4.21. The number of phenolic OH excluding ortho intramolecular Hbond substituents is 1. The van der Waals surface area contributed by atoms with E-state index in [0.717, 1.165) is 11.8 Å². The Balaban J connectivity index is 1.73. The van der Waals surface area contributed by atoms with Crippen LogP contribution in [0, 0.1) is 0 Å². The lowest BCUT2D eigenvalue weighted by molar-refractivity contribution is 0.0731.